The number of nitro groups is 1. The molecular weight excluding hydrogens is 377 g/mol. The summed E-state index contributed by atoms with van der Waals surface area (Å²) in [6, 6.07) is 14.2. The molecule has 0 radical (unpaired) electrons. The van der Waals surface area contributed by atoms with Gasteiger partial charge >= 0.3 is 6.18 Å². The predicted octanol–water partition coefficient (Wildman–Crippen LogP) is 3.96. The topological polar surface area (TPSA) is 90.1 Å². The number of hydrogen-bond acceptors (Lipinski definition) is 5. The minimum Gasteiger partial charge on any atom is -0.325 e. The van der Waals surface area contributed by atoms with Crippen molar-refractivity contribution in [2.45, 2.75) is 12.7 Å². The van der Waals surface area contributed by atoms with Crippen LogP contribution in [0.1, 0.15) is 11.3 Å². The number of nitrogens with zero attached hydrogens (tertiary/aromatic N) is 3. The van der Waals surface area contributed by atoms with Crippen LogP contribution in [0.3, 0.4) is 0 Å². The van der Waals surface area contributed by atoms with Gasteiger partial charge in [-0.25, -0.2) is 4.98 Å². The third kappa shape index (κ3) is 4.34. The monoisotopic (exact) mass is 390 g/mol. The van der Waals surface area contributed by atoms with Gasteiger partial charge in [0.15, 0.2) is 5.69 Å². The number of rotatable bonds is 5. The van der Waals surface area contributed by atoms with E-state index in [1.54, 1.807) is 30.3 Å². The zero-order valence-corrected chi connectivity index (χ0v) is 14.2. The molecule has 0 atom stereocenters. The van der Waals surface area contributed by atoms with Crippen molar-refractivity contribution in [1.82, 2.24) is 9.55 Å². The van der Waals surface area contributed by atoms with Crippen LogP contribution in [0, 0.1) is 10.1 Å². The zero-order chi connectivity index (χ0) is 20.3. The Balaban J connectivity index is 2.08. The molecule has 0 aliphatic carbocycles. The first kappa shape index (κ1) is 19.1. The summed E-state index contributed by atoms with van der Waals surface area (Å²) in [4.78, 5) is 26.2. The van der Waals surface area contributed by atoms with Gasteiger partial charge in [-0.3, -0.25) is 19.5 Å². The molecule has 2 aromatic carbocycles. The van der Waals surface area contributed by atoms with Gasteiger partial charge in [0.25, 0.3) is 11.2 Å². The van der Waals surface area contributed by atoms with Crippen molar-refractivity contribution in [3.63, 3.8) is 0 Å². The fraction of sp³-hybridized carbons (Fsp3) is 0.111. The Labute approximate surface area is 156 Å². The van der Waals surface area contributed by atoms with Gasteiger partial charge in [0, 0.05) is 23.9 Å². The number of benzene rings is 2. The summed E-state index contributed by atoms with van der Waals surface area (Å²) in [5, 5.41) is 13.5. The molecule has 0 aliphatic rings. The fourth-order valence-corrected chi connectivity index (χ4v) is 2.49. The van der Waals surface area contributed by atoms with Crippen molar-refractivity contribution in [2.24, 2.45) is 0 Å². The number of nitro benzene ring substituents is 1. The molecule has 0 unspecified atom stereocenters. The highest BCUT2D eigenvalue weighted by Gasteiger charge is 2.34. The van der Waals surface area contributed by atoms with Gasteiger partial charge in [-0.15, -0.1) is 0 Å². The number of non-ortho nitro benzene ring substituents is 1. The van der Waals surface area contributed by atoms with Crippen LogP contribution in [-0.4, -0.2) is 14.5 Å². The van der Waals surface area contributed by atoms with Crippen LogP contribution < -0.4 is 10.9 Å². The van der Waals surface area contributed by atoms with E-state index in [-0.39, 0.29) is 23.9 Å². The predicted molar refractivity (Wildman–Crippen MR) is 95.4 cm³/mol. The smallest absolute Gasteiger partial charge is 0.325 e. The molecule has 0 amide bonds. The zero-order valence-electron chi connectivity index (χ0n) is 14.2. The van der Waals surface area contributed by atoms with Crippen LogP contribution in [0.5, 0.6) is 0 Å². The number of alkyl halides is 3. The highest BCUT2D eigenvalue weighted by Crippen LogP contribution is 2.28. The van der Waals surface area contributed by atoms with Crippen molar-refractivity contribution >= 4 is 17.3 Å². The first-order valence-electron chi connectivity index (χ1n) is 7.98. The number of halogens is 3. The Morgan fingerprint density at radius 1 is 1.07 bits per heavy atom. The Bertz CT molecular complexity index is 1070. The maximum absolute atomic E-state index is 13.1. The van der Waals surface area contributed by atoms with E-state index >= 15 is 0 Å². The van der Waals surface area contributed by atoms with E-state index in [2.05, 4.69) is 10.3 Å². The highest BCUT2D eigenvalue weighted by molar-refractivity contribution is 5.58. The van der Waals surface area contributed by atoms with E-state index in [0.717, 1.165) is 10.6 Å². The Morgan fingerprint density at radius 3 is 2.43 bits per heavy atom. The van der Waals surface area contributed by atoms with Gasteiger partial charge in [0.1, 0.15) is 0 Å². The van der Waals surface area contributed by atoms with Crippen LogP contribution in [0.15, 0.2) is 65.5 Å². The van der Waals surface area contributed by atoms with E-state index in [1.165, 1.54) is 18.2 Å². The number of hydrogen-bond donors (Lipinski definition) is 1. The lowest BCUT2D eigenvalue weighted by molar-refractivity contribution is -0.384. The lowest BCUT2D eigenvalue weighted by Crippen LogP contribution is -2.27. The molecule has 1 aromatic heterocycles. The maximum atomic E-state index is 13.1. The van der Waals surface area contributed by atoms with Gasteiger partial charge in [-0.05, 0) is 11.6 Å². The molecule has 28 heavy (non-hydrogen) atoms. The Kier molecular flexibility index (Phi) is 5.12. The van der Waals surface area contributed by atoms with Crippen molar-refractivity contribution < 1.29 is 18.1 Å². The van der Waals surface area contributed by atoms with Crippen molar-refractivity contribution in [3.8, 4) is 0 Å². The average Bonchev–Trinajstić information content (AvgIpc) is 2.64. The SMILES string of the molecule is O=c1cc(C(F)(F)F)nc(Nc2cccc([N+](=O)[O-])c2)n1Cc1ccccc1. The highest BCUT2D eigenvalue weighted by atomic mass is 19.4. The van der Waals surface area contributed by atoms with Crippen LogP contribution >= 0.6 is 0 Å². The molecule has 0 saturated heterocycles. The summed E-state index contributed by atoms with van der Waals surface area (Å²) in [5.41, 5.74) is -1.71. The molecule has 1 heterocycles. The van der Waals surface area contributed by atoms with E-state index in [9.17, 15) is 28.1 Å². The van der Waals surface area contributed by atoms with Crippen LogP contribution in [0.4, 0.5) is 30.5 Å². The van der Waals surface area contributed by atoms with Gasteiger partial charge < -0.3 is 5.32 Å². The third-order valence-electron chi connectivity index (χ3n) is 3.80. The summed E-state index contributed by atoms with van der Waals surface area (Å²) in [7, 11) is 0. The molecule has 10 heteroatoms. The molecule has 0 bridgehead atoms. The minimum atomic E-state index is -4.82. The first-order valence-corrected chi connectivity index (χ1v) is 7.98. The standard InChI is InChI=1S/C18H13F3N4O3/c19-18(20,21)15-10-16(26)24(11-12-5-2-1-3-6-12)17(23-15)22-13-7-4-8-14(9-13)25(27)28/h1-10H,11H2,(H,22,23). The third-order valence-corrected chi connectivity index (χ3v) is 3.80. The number of anilines is 2. The van der Waals surface area contributed by atoms with E-state index in [0.29, 0.717) is 11.6 Å². The van der Waals surface area contributed by atoms with Crippen molar-refractivity contribution in [2.75, 3.05) is 5.32 Å². The molecule has 7 nitrogen and oxygen atoms in total. The molecule has 0 spiro atoms. The van der Waals surface area contributed by atoms with Gasteiger partial charge in [0.2, 0.25) is 5.95 Å². The molecular formula is C18H13F3N4O3. The van der Waals surface area contributed by atoms with E-state index in [4.69, 9.17) is 0 Å². The van der Waals surface area contributed by atoms with Crippen molar-refractivity contribution in [1.29, 1.82) is 0 Å². The lowest BCUT2D eigenvalue weighted by Gasteiger charge is -2.16. The minimum absolute atomic E-state index is 0.0257. The quantitative estimate of drug-likeness (QED) is 0.526. The molecule has 3 rings (SSSR count). The van der Waals surface area contributed by atoms with Gasteiger partial charge in [-0.1, -0.05) is 36.4 Å². The van der Waals surface area contributed by atoms with Gasteiger partial charge in [-0.2, -0.15) is 13.2 Å². The largest absolute Gasteiger partial charge is 0.433 e. The number of nitrogens with one attached hydrogen (secondary N) is 1. The molecule has 3 aromatic rings. The van der Waals surface area contributed by atoms with Gasteiger partial charge in [0.05, 0.1) is 11.5 Å². The van der Waals surface area contributed by atoms with E-state index in [1.807, 2.05) is 0 Å². The molecule has 0 fully saturated rings. The van der Waals surface area contributed by atoms with Crippen LogP contribution in [0.25, 0.3) is 0 Å². The first-order chi connectivity index (χ1) is 13.2. The second-order valence-electron chi connectivity index (χ2n) is 5.81. The molecule has 0 aliphatic heterocycles. The molecule has 144 valence electrons. The number of aromatic nitrogens is 2. The summed E-state index contributed by atoms with van der Waals surface area (Å²) < 4.78 is 40.3. The summed E-state index contributed by atoms with van der Waals surface area (Å²) in [5.74, 6) is -0.371. The van der Waals surface area contributed by atoms with Crippen molar-refractivity contribution in [3.05, 3.63) is 92.4 Å². The lowest BCUT2D eigenvalue weighted by atomic mass is 10.2. The molecule has 1 N–H and O–H groups in total. The molecule has 0 saturated carbocycles. The van der Waals surface area contributed by atoms with Crippen LogP contribution in [0.2, 0.25) is 0 Å². The second kappa shape index (κ2) is 7.51. The van der Waals surface area contributed by atoms with E-state index < -0.39 is 22.4 Å². The second-order valence-corrected chi connectivity index (χ2v) is 5.81. The summed E-state index contributed by atoms with van der Waals surface area (Å²) in [6.07, 6.45) is -4.82. The van der Waals surface area contributed by atoms with Crippen LogP contribution in [-0.2, 0) is 12.7 Å². The maximum Gasteiger partial charge on any atom is 0.433 e. The normalized spacial score (nSPS) is 11.2. The average molecular weight is 390 g/mol. The summed E-state index contributed by atoms with van der Waals surface area (Å²) >= 11 is 0. The summed E-state index contributed by atoms with van der Waals surface area (Å²) in [6.45, 7) is -0.0257. The Morgan fingerprint density at radius 2 is 1.79 bits per heavy atom. The Hall–Kier alpha value is -3.69. The fourth-order valence-electron chi connectivity index (χ4n) is 2.49.